The molecule has 0 aliphatic rings. The number of rotatable bonds is 8. The Morgan fingerprint density at radius 3 is 2.40 bits per heavy atom. The van der Waals surface area contributed by atoms with Crippen molar-refractivity contribution in [2.75, 3.05) is 51.0 Å². The first kappa shape index (κ1) is 16.7. The lowest BCUT2D eigenvalue weighted by Crippen LogP contribution is -2.35. The van der Waals surface area contributed by atoms with Crippen LogP contribution >= 0.6 is 0 Å². The Bertz CT molecular complexity index is 381. The number of aromatic nitrogens is 2. The fraction of sp³-hybridized carbons (Fsp3) is 0.733. The van der Waals surface area contributed by atoms with E-state index in [0.717, 1.165) is 43.5 Å². The van der Waals surface area contributed by atoms with Gasteiger partial charge in [0.05, 0.1) is 0 Å². The molecule has 0 aromatic carbocycles. The molecule has 1 aromatic rings. The summed E-state index contributed by atoms with van der Waals surface area (Å²) in [5.74, 6) is 3.42. The molecular formula is C15H29N5. The van der Waals surface area contributed by atoms with Gasteiger partial charge < -0.3 is 15.1 Å². The van der Waals surface area contributed by atoms with Gasteiger partial charge in [-0.2, -0.15) is 0 Å². The van der Waals surface area contributed by atoms with Crippen LogP contribution in [0.1, 0.15) is 26.6 Å². The van der Waals surface area contributed by atoms with E-state index in [0.29, 0.717) is 5.92 Å². The van der Waals surface area contributed by atoms with Crippen LogP contribution in [0.4, 0.5) is 11.6 Å². The van der Waals surface area contributed by atoms with Gasteiger partial charge in [0.25, 0.3) is 0 Å². The normalized spacial score (nSPS) is 11.2. The summed E-state index contributed by atoms with van der Waals surface area (Å²) in [4.78, 5) is 13.7. The zero-order valence-corrected chi connectivity index (χ0v) is 13.8. The van der Waals surface area contributed by atoms with Crippen molar-refractivity contribution < 1.29 is 0 Å². The molecular weight excluding hydrogens is 250 g/mol. The fourth-order valence-electron chi connectivity index (χ4n) is 1.99. The highest BCUT2D eigenvalue weighted by Crippen LogP contribution is 2.17. The van der Waals surface area contributed by atoms with Crippen molar-refractivity contribution in [2.24, 2.45) is 5.92 Å². The summed E-state index contributed by atoms with van der Waals surface area (Å²) in [6, 6.07) is 2.04. The maximum atomic E-state index is 4.69. The highest BCUT2D eigenvalue weighted by molar-refractivity contribution is 5.49. The molecule has 0 fully saturated rings. The lowest BCUT2D eigenvalue weighted by atomic mass is 10.2. The Morgan fingerprint density at radius 2 is 1.90 bits per heavy atom. The van der Waals surface area contributed by atoms with Gasteiger partial charge in [0.15, 0.2) is 0 Å². The van der Waals surface area contributed by atoms with Crippen molar-refractivity contribution in [1.29, 1.82) is 0 Å². The summed E-state index contributed by atoms with van der Waals surface area (Å²) in [5.41, 5.74) is 0. The number of nitrogens with zero attached hydrogens (tertiary/aromatic N) is 4. The molecule has 5 nitrogen and oxygen atoms in total. The molecule has 20 heavy (non-hydrogen) atoms. The molecule has 0 bridgehead atoms. The minimum Gasteiger partial charge on any atom is -0.373 e. The summed E-state index contributed by atoms with van der Waals surface area (Å²) < 4.78 is 0. The minimum absolute atomic E-state index is 0.607. The van der Waals surface area contributed by atoms with Crippen LogP contribution in [-0.4, -0.2) is 55.6 Å². The van der Waals surface area contributed by atoms with Crippen LogP contribution in [-0.2, 0) is 6.42 Å². The molecule has 0 amide bonds. The first-order chi connectivity index (χ1) is 9.46. The van der Waals surface area contributed by atoms with E-state index in [9.17, 15) is 0 Å². The van der Waals surface area contributed by atoms with Crippen LogP contribution < -0.4 is 10.2 Å². The first-order valence-electron chi connectivity index (χ1n) is 7.41. The van der Waals surface area contributed by atoms with Crippen LogP contribution in [0.2, 0.25) is 0 Å². The predicted octanol–water partition coefficient (Wildman–Crippen LogP) is 2.10. The molecule has 0 unspecified atom stereocenters. The van der Waals surface area contributed by atoms with E-state index in [2.05, 4.69) is 60.0 Å². The van der Waals surface area contributed by atoms with Gasteiger partial charge in [-0.05, 0) is 20.0 Å². The molecule has 1 heterocycles. The van der Waals surface area contributed by atoms with E-state index < -0.39 is 0 Å². The SMILES string of the molecule is CCc1nc(NC)cc(N(CCN(C)C)CC(C)C)n1. The van der Waals surface area contributed by atoms with E-state index >= 15 is 0 Å². The van der Waals surface area contributed by atoms with Crippen molar-refractivity contribution in [3.8, 4) is 0 Å². The number of aryl methyl sites for hydroxylation is 1. The van der Waals surface area contributed by atoms with Crippen molar-refractivity contribution in [3.63, 3.8) is 0 Å². The van der Waals surface area contributed by atoms with Crippen LogP contribution in [0.25, 0.3) is 0 Å². The Labute approximate surface area is 123 Å². The summed E-state index contributed by atoms with van der Waals surface area (Å²) in [6.45, 7) is 9.58. The third-order valence-electron chi connectivity index (χ3n) is 3.06. The van der Waals surface area contributed by atoms with Crippen molar-refractivity contribution >= 4 is 11.6 Å². The zero-order valence-electron chi connectivity index (χ0n) is 13.8. The van der Waals surface area contributed by atoms with E-state index in [1.807, 2.05) is 13.1 Å². The van der Waals surface area contributed by atoms with E-state index in [1.165, 1.54) is 0 Å². The Hall–Kier alpha value is -1.36. The monoisotopic (exact) mass is 279 g/mol. The molecule has 5 heteroatoms. The average Bonchev–Trinajstić information content (AvgIpc) is 2.42. The topological polar surface area (TPSA) is 44.3 Å². The summed E-state index contributed by atoms with van der Waals surface area (Å²) >= 11 is 0. The van der Waals surface area contributed by atoms with Gasteiger partial charge in [-0.1, -0.05) is 20.8 Å². The molecule has 0 atom stereocenters. The number of hydrogen-bond donors (Lipinski definition) is 1. The van der Waals surface area contributed by atoms with E-state index in [-0.39, 0.29) is 0 Å². The molecule has 0 aliphatic heterocycles. The van der Waals surface area contributed by atoms with Crippen molar-refractivity contribution in [3.05, 3.63) is 11.9 Å². The Kier molecular flexibility index (Phi) is 6.71. The minimum atomic E-state index is 0.607. The van der Waals surface area contributed by atoms with Gasteiger partial charge in [-0.3, -0.25) is 0 Å². The number of likely N-dealkylation sites (N-methyl/N-ethyl adjacent to an activating group) is 1. The molecule has 114 valence electrons. The van der Waals surface area contributed by atoms with Crippen LogP contribution in [0.15, 0.2) is 6.07 Å². The largest absolute Gasteiger partial charge is 0.373 e. The van der Waals surface area contributed by atoms with Crippen molar-refractivity contribution in [2.45, 2.75) is 27.2 Å². The second kappa shape index (κ2) is 8.04. The maximum Gasteiger partial charge on any atom is 0.134 e. The molecule has 1 aromatic heterocycles. The second-order valence-corrected chi connectivity index (χ2v) is 5.77. The Balaban J connectivity index is 2.98. The van der Waals surface area contributed by atoms with Gasteiger partial charge in [0, 0.05) is 39.2 Å². The summed E-state index contributed by atoms with van der Waals surface area (Å²) in [7, 11) is 6.10. The smallest absolute Gasteiger partial charge is 0.134 e. The highest BCUT2D eigenvalue weighted by Gasteiger charge is 2.13. The molecule has 1 rings (SSSR count). The van der Waals surface area contributed by atoms with Crippen LogP contribution in [0, 0.1) is 5.92 Å². The van der Waals surface area contributed by atoms with Gasteiger partial charge >= 0.3 is 0 Å². The van der Waals surface area contributed by atoms with Gasteiger partial charge in [0.1, 0.15) is 17.5 Å². The molecule has 0 aliphatic carbocycles. The van der Waals surface area contributed by atoms with Crippen molar-refractivity contribution in [1.82, 2.24) is 14.9 Å². The fourth-order valence-corrected chi connectivity index (χ4v) is 1.99. The zero-order chi connectivity index (χ0) is 15.1. The second-order valence-electron chi connectivity index (χ2n) is 5.77. The first-order valence-corrected chi connectivity index (χ1v) is 7.41. The number of hydrogen-bond acceptors (Lipinski definition) is 5. The molecule has 0 saturated heterocycles. The lowest BCUT2D eigenvalue weighted by molar-refractivity contribution is 0.408. The van der Waals surface area contributed by atoms with Gasteiger partial charge in [-0.15, -0.1) is 0 Å². The molecule has 0 spiro atoms. The third kappa shape index (κ3) is 5.33. The van der Waals surface area contributed by atoms with Crippen LogP contribution in [0.5, 0.6) is 0 Å². The quantitative estimate of drug-likeness (QED) is 0.789. The predicted molar refractivity (Wildman–Crippen MR) is 86.6 cm³/mol. The summed E-state index contributed by atoms with van der Waals surface area (Å²) in [5, 5.41) is 3.13. The molecule has 0 saturated carbocycles. The number of nitrogens with one attached hydrogen (secondary N) is 1. The van der Waals surface area contributed by atoms with E-state index in [1.54, 1.807) is 0 Å². The summed E-state index contributed by atoms with van der Waals surface area (Å²) in [6.07, 6.45) is 0.853. The maximum absolute atomic E-state index is 4.69. The number of anilines is 2. The third-order valence-corrected chi connectivity index (χ3v) is 3.06. The van der Waals surface area contributed by atoms with Crippen LogP contribution in [0.3, 0.4) is 0 Å². The van der Waals surface area contributed by atoms with Gasteiger partial charge in [0.2, 0.25) is 0 Å². The van der Waals surface area contributed by atoms with Gasteiger partial charge in [-0.25, -0.2) is 9.97 Å². The molecule has 1 N–H and O–H groups in total. The highest BCUT2D eigenvalue weighted by atomic mass is 15.2. The standard InChI is InChI=1S/C15H29N5/c1-7-13-17-14(16-4)10-15(18-13)20(11-12(2)3)9-8-19(5)6/h10,12H,7-9,11H2,1-6H3,(H,16,17,18). The Morgan fingerprint density at radius 1 is 1.20 bits per heavy atom. The lowest BCUT2D eigenvalue weighted by Gasteiger charge is -2.27. The molecule has 0 radical (unpaired) electrons. The average molecular weight is 279 g/mol. The van der Waals surface area contributed by atoms with E-state index in [4.69, 9.17) is 0 Å².